The Morgan fingerprint density at radius 1 is 0.806 bits per heavy atom. The van der Waals surface area contributed by atoms with Crippen molar-refractivity contribution in [2.24, 2.45) is 35.5 Å². The molecule has 3 aliphatic carbocycles. The van der Waals surface area contributed by atoms with Gasteiger partial charge in [-0.05, 0) is 106 Å². The zero-order valence-electron chi connectivity index (χ0n) is 22.3. The van der Waals surface area contributed by atoms with Crippen LogP contribution in [0.15, 0.2) is 36.4 Å². The minimum Gasteiger partial charge on any atom is -0.432 e. The number of unbranched alkanes of at least 4 members (excludes halogenated alkanes) is 2. The average molecular weight is 505 g/mol. The van der Waals surface area contributed by atoms with Gasteiger partial charge in [-0.25, -0.2) is 4.39 Å². The molecule has 202 valence electrons. The van der Waals surface area contributed by atoms with E-state index >= 15 is 0 Å². The highest BCUT2D eigenvalue weighted by atomic mass is 19.3. The Morgan fingerprint density at radius 2 is 1.39 bits per heavy atom. The van der Waals surface area contributed by atoms with Crippen LogP contribution in [-0.4, -0.2) is 6.11 Å². The first-order chi connectivity index (χ1) is 17.4. The third-order valence-electron chi connectivity index (χ3n) is 9.54. The van der Waals surface area contributed by atoms with Crippen LogP contribution < -0.4 is 4.74 Å². The molecule has 3 fully saturated rings. The molecule has 0 saturated heterocycles. The highest BCUT2D eigenvalue weighted by Crippen LogP contribution is 2.44. The third kappa shape index (κ3) is 8.02. The first-order valence-corrected chi connectivity index (χ1v) is 14.9. The molecular weight excluding hydrogens is 457 g/mol. The van der Waals surface area contributed by atoms with Crippen LogP contribution in [0.25, 0.3) is 0 Å². The molecule has 0 heterocycles. The lowest BCUT2D eigenvalue weighted by atomic mass is 9.68. The number of hydrogen-bond acceptors (Lipinski definition) is 1. The van der Waals surface area contributed by atoms with Crippen molar-refractivity contribution in [3.05, 3.63) is 42.2 Å². The quantitative estimate of drug-likeness (QED) is 0.227. The zero-order valence-corrected chi connectivity index (χ0v) is 22.3. The monoisotopic (exact) mass is 504 g/mol. The average Bonchev–Trinajstić information content (AvgIpc) is 2.88. The predicted octanol–water partition coefficient (Wildman–Crippen LogP) is 10.4. The molecule has 4 heteroatoms. The predicted molar refractivity (Wildman–Crippen MR) is 142 cm³/mol. The molecule has 36 heavy (non-hydrogen) atoms. The molecule has 0 N–H and O–H groups in total. The van der Waals surface area contributed by atoms with Crippen molar-refractivity contribution in [2.45, 2.75) is 116 Å². The van der Waals surface area contributed by atoms with Crippen LogP contribution in [0, 0.1) is 41.3 Å². The number of ether oxygens (including phenoxy) is 1. The van der Waals surface area contributed by atoms with E-state index in [4.69, 9.17) is 4.74 Å². The van der Waals surface area contributed by atoms with Crippen molar-refractivity contribution >= 4 is 0 Å². The molecule has 0 aliphatic heterocycles. The standard InChI is InChI=1S/C32H47F3O/c1-2-3-4-6-24-11-17-27(18-12-24)28-19-13-25(14-20-28)9-10-26-15-21-29(22-16-26)32(34,35)36-31-8-5-7-30(33)23-31/h5,7-10,23-29H,2-4,6,11-22H2,1H3/b10-9+. The van der Waals surface area contributed by atoms with Crippen LogP contribution in [0.3, 0.4) is 0 Å². The number of hydrogen-bond donors (Lipinski definition) is 0. The van der Waals surface area contributed by atoms with Crippen LogP contribution in [0.1, 0.15) is 110 Å². The SMILES string of the molecule is CCCCCC1CCC(C2CCC(/C=C/C3CCC(C(F)(F)Oc4cccc(F)c4)CC3)CC2)CC1. The first kappa shape index (κ1) is 27.6. The number of allylic oxidation sites excluding steroid dienone is 2. The molecule has 0 radical (unpaired) electrons. The van der Waals surface area contributed by atoms with Crippen molar-refractivity contribution in [1.29, 1.82) is 0 Å². The lowest BCUT2D eigenvalue weighted by Crippen LogP contribution is -2.37. The van der Waals surface area contributed by atoms with Crippen LogP contribution in [0.2, 0.25) is 0 Å². The van der Waals surface area contributed by atoms with Crippen LogP contribution in [-0.2, 0) is 0 Å². The van der Waals surface area contributed by atoms with E-state index in [1.54, 1.807) is 0 Å². The summed E-state index contributed by atoms with van der Waals surface area (Å²) in [4.78, 5) is 0. The second-order valence-corrected chi connectivity index (χ2v) is 12.1. The van der Waals surface area contributed by atoms with Crippen LogP contribution >= 0.6 is 0 Å². The molecule has 0 spiro atoms. The maximum atomic E-state index is 14.6. The summed E-state index contributed by atoms with van der Waals surface area (Å²) in [5.41, 5.74) is 0. The van der Waals surface area contributed by atoms with Gasteiger partial charge in [0.15, 0.2) is 0 Å². The largest absolute Gasteiger partial charge is 0.432 e. The minimum absolute atomic E-state index is 0.0994. The van der Waals surface area contributed by atoms with Gasteiger partial charge >= 0.3 is 6.11 Å². The Morgan fingerprint density at radius 3 is 1.97 bits per heavy atom. The van der Waals surface area contributed by atoms with E-state index in [1.165, 1.54) is 95.2 Å². The first-order valence-electron chi connectivity index (χ1n) is 14.9. The van der Waals surface area contributed by atoms with E-state index < -0.39 is 17.8 Å². The Kier molecular flexibility index (Phi) is 10.2. The maximum absolute atomic E-state index is 14.6. The molecule has 1 aromatic rings. The normalized spacial score (nSPS) is 32.0. The van der Waals surface area contributed by atoms with Crippen molar-refractivity contribution in [2.75, 3.05) is 0 Å². The summed E-state index contributed by atoms with van der Waals surface area (Å²) in [6.45, 7) is 2.29. The van der Waals surface area contributed by atoms with Crippen LogP contribution in [0.4, 0.5) is 13.2 Å². The Balaban J connectivity index is 1.14. The summed E-state index contributed by atoms with van der Waals surface area (Å²) in [5.74, 6) is 2.49. The fourth-order valence-corrected chi connectivity index (χ4v) is 7.17. The minimum atomic E-state index is -3.25. The summed E-state index contributed by atoms with van der Waals surface area (Å²) < 4.78 is 47.5. The highest BCUT2D eigenvalue weighted by molar-refractivity contribution is 5.22. The van der Waals surface area contributed by atoms with E-state index in [-0.39, 0.29) is 5.75 Å². The summed E-state index contributed by atoms with van der Waals surface area (Å²) in [7, 11) is 0. The lowest BCUT2D eigenvalue weighted by molar-refractivity contribution is -0.223. The van der Waals surface area contributed by atoms with Gasteiger partial charge in [0, 0.05) is 6.07 Å². The van der Waals surface area contributed by atoms with Gasteiger partial charge in [0.2, 0.25) is 0 Å². The number of alkyl halides is 2. The molecule has 0 atom stereocenters. The van der Waals surface area contributed by atoms with E-state index in [9.17, 15) is 13.2 Å². The van der Waals surface area contributed by atoms with E-state index in [2.05, 4.69) is 19.1 Å². The lowest BCUT2D eigenvalue weighted by Gasteiger charge is -2.37. The van der Waals surface area contributed by atoms with E-state index in [0.29, 0.717) is 24.7 Å². The zero-order chi connectivity index (χ0) is 25.4. The van der Waals surface area contributed by atoms with Crippen molar-refractivity contribution in [3.8, 4) is 5.75 Å². The van der Waals surface area contributed by atoms with Gasteiger partial charge < -0.3 is 4.74 Å². The van der Waals surface area contributed by atoms with Gasteiger partial charge in [0.25, 0.3) is 0 Å². The highest BCUT2D eigenvalue weighted by Gasteiger charge is 2.43. The van der Waals surface area contributed by atoms with Gasteiger partial charge in [-0.3, -0.25) is 0 Å². The molecule has 3 saturated carbocycles. The maximum Gasteiger partial charge on any atom is 0.400 e. The van der Waals surface area contributed by atoms with Gasteiger partial charge in [-0.1, -0.05) is 63.7 Å². The number of halogens is 3. The third-order valence-corrected chi connectivity index (χ3v) is 9.54. The molecule has 0 bridgehead atoms. The number of rotatable bonds is 10. The molecular formula is C32H47F3O. The van der Waals surface area contributed by atoms with Crippen molar-refractivity contribution in [3.63, 3.8) is 0 Å². The Bertz CT molecular complexity index is 797. The van der Waals surface area contributed by atoms with Gasteiger partial charge in [0.05, 0.1) is 5.92 Å². The fraction of sp³-hybridized carbons (Fsp3) is 0.750. The summed E-state index contributed by atoms with van der Waals surface area (Å²) >= 11 is 0. The summed E-state index contributed by atoms with van der Waals surface area (Å²) in [6, 6.07) is 5.04. The Labute approximate surface area is 217 Å². The summed E-state index contributed by atoms with van der Waals surface area (Å²) in [5, 5.41) is 0. The smallest absolute Gasteiger partial charge is 0.400 e. The van der Waals surface area contributed by atoms with Crippen molar-refractivity contribution < 1.29 is 17.9 Å². The molecule has 0 amide bonds. The molecule has 1 nitrogen and oxygen atoms in total. The molecule has 4 rings (SSSR count). The second kappa shape index (κ2) is 13.4. The molecule has 1 aromatic carbocycles. The molecule has 0 aromatic heterocycles. The fourth-order valence-electron chi connectivity index (χ4n) is 7.17. The molecule has 3 aliphatic rings. The topological polar surface area (TPSA) is 9.23 Å². The van der Waals surface area contributed by atoms with E-state index in [0.717, 1.165) is 36.7 Å². The van der Waals surface area contributed by atoms with Gasteiger partial charge in [-0.2, -0.15) is 8.78 Å². The van der Waals surface area contributed by atoms with Gasteiger partial charge in [0.1, 0.15) is 11.6 Å². The second-order valence-electron chi connectivity index (χ2n) is 12.1. The number of benzene rings is 1. The van der Waals surface area contributed by atoms with Gasteiger partial charge in [-0.15, -0.1) is 0 Å². The van der Waals surface area contributed by atoms with Crippen molar-refractivity contribution in [1.82, 2.24) is 0 Å². The van der Waals surface area contributed by atoms with E-state index in [1.807, 2.05) is 0 Å². The Hall–Kier alpha value is -1.45. The summed E-state index contributed by atoms with van der Waals surface area (Å²) in [6.07, 6.45) is 20.7. The van der Waals surface area contributed by atoms with Crippen LogP contribution in [0.5, 0.6) is 5.75 Å². The molecule has 0 unspecified atom stereocenters.